The lowest BCUT2D eigenvalue weighted by Gasteiger charge is -2.18. The van der Waals surface area contributed by atoms with Crippen LogP contribution in [-0.2, 0) is 16.4 Å². The standard InChI is InChI=1S/C23H30N2O2S/c1-5-16-25(17-6-2)18-15-20-7-11-22(12-8-20)24-28(26,27)23-13-9-21(10-14-23)19(3)4/h5-14,19,24H,1-2,15-18H2,3-4H3. The highest BCUT2D eigenvalue weighted by molar-refractivity contribution is 7.92. The number of hydrogen-bond donors (Lipinski definition) is 1. The smallest absolute Gasteiger partial charge is 0.261 e. The van der Waals surface area contributed by atoms with Gasteiger partial charge in [0.15, 0.2) is 0 Å². The molecule has 2 aromatic rings. The second-order valence-corrected chi connectivity index (χ2v) is 8.80. The Labute approximate surface area is 169 Å². The van der Waals surface area contributed by atoms with Gasteiger partial charge in [-0.3, -0.25) is 9.62 Å². The fraction of sp³-hybridized carbons (Fsp3) is 0.304. The molecular weight excluding hydrogens is 368 g/mol. The molecule has 0 aliphatic heterocycles. The van der Waals surface area contributed by atoms with Crippen molar-refractivity contribution in [1.82, 2.24) is 4.90 Å². The summed E-state index contributed by atoms with van der Waals surface area (Å²) in [4.78, 5) is 2.52. The zero-order chi connectivity index (χ0) is 20.6. The van der Waals surface area contributed by atoms with Crippen LogP contribution in [0, 0.1) is 0 Å². The molecule has 1 N–H and O–H groups in total. The molecule has 0 radical (unpaired) electrons. The van der Waals surface area contributed by atoms with Crippen LogP contribution in [0.25, 0.3) is 0 Å². The molecule has 2 rings (SSSR count). The van der Waals surface area contributed by atoms with Gasteiger partial charge >= 0.3 is 0 Å². The Balaban J connectivity index is 2.00. The minimum Gasteiger partial charge on any atom is -0.296 e. The normalized spacial score (nSPS) is 11.6. The molecule has 0 amide bonds. The largest absolute Gasteiger partial charge is 0.296 e. The number of rotatable bonds is 11. The van der Waals surface area contributed by atoms with Crippen molar-refractivity contribution >= 4 is 15.7 Å². The first-order valence-corrected chi connectivity index (χ1v) is 11.0. The molecule has 0 spiro atoms. The lowest BCUT2D eigenvalue weighted by atomic mass is 10.0. The van der Waals surface area contributed by atoms with Crippen molar-refractivity contribution in [2.24, 2.45) is 0 Å². The van der Waals surface area contributed by atoms with Gasteiger partial charge in [-0.15, -0.1) is 13.2 Å². The first kappa shape index (κ1) is 21.9. The van der Waals surface area contributed by atoms with Crippen molar-refractivity contribution in [1.29, 1.82) is 0 Å². The highest BCUT2D eigenvalue weighted by Gasteiger charge is 2.14. The summed E-state index contributed by atoms with van der Waals surface area (Å²) in [7, 11) is -3.59. The van der Waals surface area contributed by atoms with Gasteiger partial charge in [0.2, 0.25) is 0 Å². The summed E-state index contributed by atoms with van der Waals surface area (Å²) in [6.07, 6.45) is 4.65. The van der Waals surface area contributed by atoms with Crippen molar-refractivity contribution in [2.75, 3.05) is 24.4 Å². The SMILES string of the molecule is C=CCN(CC=C)CCc1ccc(NS(=O)(=O)c2ccc(C(C)C)cc2)cc1. The van der Waals surface area contributed by atoms with Crippen LogP contribution in [0.15, 0.2) is 78.7 Å². The van der Waals surface area contributed by atoms with Gasteiger partial charge in [0.25, 0.3) is 10.0 Å². The Hall–Kier alpha value is -2.37. The number of hydrogen-bond acceptors (Lipinski definition) is 3. The third kappa shape index (κ3) is 6.36. The van der Waals surface area contributed by atoms with Gasteiger partial charge < -0.3 is 0 Å². The fourth-order valence-electron chi connectivity index (χ4n) is 2.89. The van der Waals surface area contributed by atoms with E-state index in [9.17, 15) is 8.42 Å². The van der Waals surface area contributed by atoms with Crippen LogP contribution < -0.4 is 4.72 Å². The van der Waals surface area contributed by atoms with Crippen LogP contribution in [-0.4, -0.2) is 33.0 Å². The molecule has 0 aliphatic carbocycles. The Morgan fingerprint density at radius 3 is 2.04 bits per heavy atom. The summed E-state index contributed by atoms with van der Waals surface area (Å²) in [5.41, 5.74) is 2.83. The van der Waals surface area contributed by atoms with E-state index in [1.165, 1.54) is 0 Å². The van der Waals surface area contributed by atoms with Crippen LogP contribution in [0.3, 0.4) is 0 Å². The van der Waals surface area contributed by atoms with E-state index in [2.05, 4.69) is 36.6 Å². The van der Waals surface area contributed by atoms with Crippen molar-refractivity contribution in [3.05, 3.63) is 85.0 Å². The molecule has 0 heterocycles. The van der Waals surface area contributed by atoms with E-state index in [0.29, 0.717) is 11.6 Å². The van der Waals surface area contributed by atoms with Crippen LogP contribution in [0.5, 0.6) is 0 Å². The van der Waals surface area contributed by atoms with E-state index in [0.717, 1.165) is 37.2 Å². The van der Waals surface area contributed by atoms with Gasteiger partial charge in [-0.05, 0) is 47.7 Å². The van der Waals surface area contributed by atoms with Crippen LogP contribution >= 0.6 is 0 Å². The number of sulfonamides is 1. The topological polar surface area (TPSA) is 49.4 Å². The molecule has 0 aromatic heterocycles. The van der Waals surface area contributed by atoms with Crippen LogP contribution in [0.2, 0.25) is 0 Å². The van der Waals surface area contributed by atoms with E-state index < -0.39 is 10.0 Å². The summed E-state index contributed by atoms with van der Waals surface area (Å²) in [5, 5.41) is 0. The van der Waals surface area contributed by atoms with Crippen molar-refractivity contribution in [2.45, 2.75) is 31.1 Å². The molecule has 0 atom stereocenters. The molecule has 0 unspecified atom stereocenters. The summed E-state index contributed by atoms with van der Waals surface area (Å²) in [6, 6.07) is 14.6. The maximum Gasteiger partial charge on any atom is 0.261 e. The second-order valence-electron chi connectivity index (χ2n) is 7.11. The first-order chi connectivity index (χ1) is 13.4. The lowest BCUT2D eigenvalue weighted by Crippen LogP contribution is -2.26. The molecule has 0 fully saturated rings. The molecule has 2 aromatic carbocycles. The molecule has 0 bridgehead atoms. The van der Waals surface area contributed by atoms with Gasteiger partial charge in [-0.1, -0.05) is 50.3 Å². The summed E-state index contributed by atoms with van der Waals surface area (Å²) in [6.45, 7) is 14.3. The van der Waals surface area contributed by atoms with Gasteiger partial charge in [-0.2, -0.15) is 0 Å². The average Bonchev–Trinajstić information content (AvgIpc) is 2.67. The quantitative estimate of drug-likeness (QED) is 0.552. The number of nitrogens with zero attached hydrogens (tertiary/aromatic N) is 1. The minimum absolute atomic E-state index is 0.269. The van der Waals surface area contributed by atoms with Crippen molar-refractivity contribution in [3.8, 4) is 0 Å². The van der Waals surface area contributed by atoms with Gasteiger partial charge in [0, 0.05) is 25.3 Å². The molecule has 150 valence electrons. The number of anilines is 1. The third-order valence-corrected chi connectivity index (χ3v) is 5.95. The maximum atomic E-state index is 12.6. The number of benzene rings is 2. The summed E-state index contributed by atoms with van der Waals surface area (Å²) < 4.78 is 27.8. The monoisotopic (exact) mass is 398 g/mol. The Kier molecular flexibility index (Phi) is 8.03. The lowest BCUT2D eigenvalue weighted by molar-refractivity contribution is 0.340. The van der Waals surface area contributed by atoms with E-state index in [1.54, 1.807) is 24.3 Å². The highest BCUT2D eigenvalue weighted by atomic mass is 32.2. The van der Waals surface area contributed by atoms with E-state index in [4.69, 9.17) is 0 Å². The minimum atomic E-state index is -3.59. The van der Waals surface area contributed by atoms with E-state index in [-0.39, 0.29) is 4.90 Å². The van der Waals surface area contributed by atoms with Gasteiger partial charge in [0.1, 0.15) is 0 Å². The van der Waals surface area contributed by atoms with Crippen molar-refractivity contribution < 1.29 is 8.42 Å². The fourth-order valence-corrected chi connectivity index (χ4v) is 3.95. The van der Waals surface area contributed by atoms with E-state index >= 15 is 0 Å². The Morgan fingerprint density at radius 1 is 0.964 bits per heavy atom. The average molecular weight is 399 g/mol. The molecule has 28 heavy (non-hydrogen) atoms. The van der Waals surface area contributed by atoms with Gasteiger partial charge in [-0.25, -0.2) is 8.42 Å². The van der Waals surface area contributed by atoms with E-state index in [1.807, 2.05) is 36.4 Å². The molecule has 0 saturated carbocycles. The Bertz CT molecular complexity index is 860. The predicted molar refractivity (Wildman–Crippen MR) is 118 cm³/mol. The Morgan fingerprint density at radius 2 is 1.54 bits per heavy atom. The molecule has 4 nitrogen and oxygen atoms in total. The molecular formula is C23H30N2O2S. The highest BCUT2D eigenvalue weighted by Crippen LogP contribution is 2.20. The number of nitrogens with one attached hydrogen (secondary N) is 1. The zero-order valence-corrected chi connectivity index (χ0v) is 17.6. The molecule has 5 heteroatoms. The second kappa shape index (κ2) is 10.2. The summed E-state index contributed by atoms with van der Waals surface area (Å²) >= 11 is 0. The maximum absolute atomic E-state index is 12.6. The van der Waals surface area contributed by atoms with Crippen LogP contribution in [0.4, 0.5) is 5.69 Å². The van der Waals surface area contributed by atoms with Crippen molar-refractivity contribution in [3.63, 3.8) is 0 Å². The summed E-state index contributed by atoms with van der Waals surface area (Å²) in [5.74, 6) is 0.367. The first-order valence-electron chi connectivity index (χ1n) is 9.51. The zero-order valence-electron chi connectivity index (χ0n) is 16.8. The molecule has 0 aliphatic rings. The van der Waals surface area contributed by atoms with Gasteiger partial charge in [0.05, 0.1) is 4.90 Å². The van der Waals surface area contributed by atoms with Crippen LogP contribution in [0.1, 0.15) is 30.9 Å². The predicted octanol–water partition coefficient (Wildman–Crippen LogP) is 4.83. The molecule has 0 saturated heterocycles. The third-order valence-electron chi connectivity index (χ3n) is 4.55.